The van der Waals surface area contributed by atoms with E-state index in [-0.39, 0.29) is 31.1 Å². The minimum Gasteiger partial charge on any atom is -0.462 e. The van der Waals surface area contributed by atoms with Crippen molar-refractivity contribution in [3.05, 3.63) is 0 Å². The quantitative estimate of drug-likeness (QED) is 0.0343. The van der Waals surface area contributed by atoms with Gasteiger partial charge in [-0.2, -0.15) is 0 Å². The van der Waals surface area contributed by atoms with Crippen molar-refractivity contribution in [1.82, 2.24) is 0 Å². The lowest BCUT2D eigenvalue weighted by atomic mass is 10.0. The molecule has 0 aliphatic carbocycles. The zero-order valence-electron chi connectivity index (χ0n) is 55.6. The Hall–Kier alpha value is -1.59. The number of unbranched alkanes of at least 4 members (excludes halogenated alkanes) is 60. The van der Waals surface area contributed by atoms with Gasteiger partial charge >= 0.3 is 17.9 Å². The third-order valence-corrected chi connectivity index (χ3v) is 17.6. The van der Waals surface area contributed by atoms with E-state index >= 15 is 0 Å². The highest BCUT2D eigenvalue weighted by molar-refractivity contribution is 5.71. The van der Waals surface area contributed by atoms with Gasteiger partial charge in [0.2, 0.25) is 0 Å². The molecule has 0 aromatic heterocycles. The van der Waals surface area contributed by atoms with Crippen molar-refractivity contribution >= 4 is 17.9 Å². The van der Waals surface area contributed by atoms with Crippen LogP contribution in [0.2, 0.25) is 0 Å². The van der Waals surface area contributed by atoms with E-state index in [1.165, 1.54) is 347 Å². The molecule has 1 atom stereocenters. The Morgan fingerprint density at radius 3 is 0.494 bits per heavy atom. The zero-order chi connectivity index (χ0) is 58.5. The first-order valence-electron chi connectivity index (χ1n) is 37.5. The Kier molecular flexibility index (Phi) is 69.5. The van der Waals surface area contributed by atoms with Gasteiger partial charge in [0, 0.05) is 19.3 Å². The summed E-state index contributed by atoms with van der Waals surface area (Å²) >= 11 is 0. The Balaban J connectivity index is 4.13. The van der Waals surface area contributed by atoms with Gasteiger partial charge in [-0.15, -0.1) is 0 Å². The second kappa shape index (κ2) is 70.9. The van der Waals surface area contributed by atoms with Gasteiger partial charge in [0.25, 0.3) is 0 Å². The minimum atomic E-state index is -0.763. The fraction of sp³-hybridized carbons (Fsp3) is 0.960. The van der Waals surface area contributed by atoms with Gasteiger partial charge in [-0.05, 0) is 19.3 Å². The Morgan fingerprint density at radius 2 is 0.333 bits per heavy atom. The summed E-state index contributed by atoms with van der Waals surface area (Å²) in [6, 6.07) is 0. The summed E-state index contributed by atoms with van der Waals surface area (Å²) in [6.07, 6.45) is 84.4. The summed E-state index contributed by atoms with van der Waals surface area (Å²) < 4.78 is 17.0. The summed E-state index contributed by atoms with van der Waals surface area (Å²) in [5, 5.41) is 0. The second-order valence-electron chi connectivity index (χ2n) is 25.9. The van der Waals surface area contributed by atoms with Crippen LogP contribution in [0.4, 0.5) is 0 Å². The molecule has 0 heterocycles. The fourth-order valence-corrected chi connectivity index (χ4v) is 12.0. The molecule has 0 aromatic rings. The van der Waals surface area contributed by atoms with Gasteiger partial charge in [0.1, 0.15) is 13.2 Å². The standard InChI is InChI=1S/C75H146O6/c1-4-7-10-13-16-19-22-25-27-29-31-33-34-35-36-37-38-39-40-42-43-45-47-50-53-56-59-62-65-68-74(77)80-71-72(70-79-73(76)67-64-61-58-55-52-49-24-21-18-15-12-9-6-3)81-75(78)69-66-63-60-57-54-51-48-46-44-41-32-30-28-26-23-20-17-14-11-8-5-2/h72H,4-71H2,1-3H3. The molecule has 0 saturated heterocycles. The van der Waals surface area contributed by atoms with Crippen LogP contribution in [0.15, 0.2) is 0 Å². The lowest BCUT2D eigenvalue weighted by Crippen LogP contribution is -2.30. The van der Waals surface area contributed by atoms with Crippen LogP contribution in [0, 0.1) is 0 Å². The predicted octanol–water partition coefficient (Wildman–Crippen LogP) is 25.8. The van der Waals surface area contributed by atoms with Gasteiger partial charge in [0.15, 0.2) is 6.10 Å². The monoisotopic (exact) mass is 1140 g/mol. The molecule has 0 aromatic carbocycles. The molecule has 0 amide bonds. The lowest BCUT2D eigenvalue weighted by molar-refractivity contribution is -0.167. The van der Waals surface area contributed by atoms with Gasteiger partial charge < -0.3 is 14.2 Å². The van der Waals surface area contributed by atoms with Crippen LogP contribution in [-0.4, -0.2) is 37.2 Å². The molecule has 0 spiro atoms. The molecule has 0 radical (unpaired) electrons. The second-order valence-corrected chi connectivity index (χ2v) is 25.9. The normalized spacial score (nSPS) is 11.9. The number of ether oxygens (including phenoxy) is 3. The first-order chi connectivity index (χ1) is 40.0. The largest absolute Gasteiger partial charge is 0.462 e. The van der Waals surface area contributed by atoms with Crippen molar-refractivity contribution in [1.29, 1.82) is 0 Å². The van der Waals surface area contributed by atoms with Gasteiger partial charge in [-0.1, -0.05) is 406 Å². The van der Waals surface area contributed by atoms with E-state index < -0.39 is 6.10 Å². The Morgan fingerprint density at radius 1 is 0.198 bits per heavy atom. The van der Waals surface area contributed by atoms with Crippen LogP contribution in [0.5, 0.6) is 0 Å². The van der Waals surface area contributed by atoms with E-state index in [0.717, 1.165) is 57.8 Å². The number of rotatable bonds is 71. The molecule has 81 heavy (non-hydrogen) atoms. The van der Waals surface area contributed by atoms with Crippen LogP contribution in [-0.2, 0) is 28.6 Å². The van der Waals surface area contributed by atoms with Crippen LogP contribution in [0.3, 0.4) is 0 Å². The molecule has 0 fully saturated rings. The maximum absolute atomic E-state index is 13.0. The first-order valence-corrected chi connectivity index (χ1v) is 37.5. The highest BCUT2D eigenvalue weighted by Crippen LogP contribution is 2.20. The third kappa shape index (κ3) is 69.1. The number of carbonyl (C=O) groups excluding carboxylic acids is 3. The molecule has 6 heteroatoms. The van der Waals surface area contributed by atoms with E-state index in [9.17, 15) is 14.4 Å². The van der Waals surface area contributed by atoms with Crippen LogP contribution >= 0.6 is 0 Å². The van der Waals surface area contributed by atoms with E-state index in [2.05, 4.69) is 20.8 Å². The van der Waals surface area contributed by atoms with E-state index in [1.807, 2.05) is 0 Å². The highest BCUT2D eigenvalue weighted by Gasteiger charge is 2.20. The molecule has 482 valence electrons. The number of esters is 3. The predicted molar refractivity (Wildman–Crippen MR) is 354 cm³/mol. The number of hydrogen-bond acceptors (Lipinski definition) is 6. The molecule has 0 aliphatic rings. The number of hydrogen-bond donors (Lipinski definition) is 0. The smallest absolute Gasteiger partial charge is 0.306 e. The minimum absolute atomic E-state index is 0.0601. The van der Waals surface area contributed by atoms with Crippen molar-refractivity contribution in [2.75, 3.05) is 13.2 Å². The van der Waals surface area contributed by atoms with Gasteiger partial charge in [-0.3, -0.25) is 14.4 Å². The SMILES string of the molecule is CCCCCCCCCCCCCCCCCCCCCCCCCCCCCCCC(=O)OCC(COC(=O)CCCCCCCCCCCCCCC)OC(=O)CCCCCCCCCCCCCCCCCCCCCCC. The summed E-state index contributed by atoms with van der Waals surface area (Å²) in [4.78, 5) is 38.5. The van der Waals surface area contributed by atoms with Crippen molar-refractivity contribution in [3.63, 3.8) is 0 Å². The summed E-state index contributed by atoms with van der Waals surface area (Å²) in [5.74, 6) is -0.818. The van der Waals surface area contributed by atoms with Gasteiger partial charge in [-0.25, -0.2) is 0 Å². The molecule has 0 saturated carbocycles. The molecule has 0 N–H and O–H groups in total. The molecule has 0 rings (SSSR count). The van der Waals surface area contributed by atoms with Crippen molar-refractivity contribution < 1.29 is 28.6 Å². The lowest BCUT2D eigenvalue weighted by Gasteiger charge is -2.18. The molecule has 0 bridgehead atoms. The van der Waals surface area contributed by atoms with Crippen LogP contribution in [0.1, 0.15) is 445 Å². The third-order valence-electron chi connectivity index (χ3n) is 17.6. The Bertz CT molecular complexity index is 1220. The summed E-state index contributed by atoms with van der Waals surface area (Å²) in [6.45, 7) is 6.75. The van der Waals surface area contributed by atoms with E-state index in [0.29, 0.717) is 19.3 Å². The maximum Gasteiger partial charge on any atom is 0.306 e. The van der Waals surface area contributed by atoms with Crippen molar-refractivity contribution in [2.45, 2.75) is 451 Å². The molecule has 1 unspecified atom stereocenters. The van der Waals surface area contributed by atoms with E-state index in [4.69, 9.17) is 14.2 Å². The van der Waals surface area contributed by atoms with Gasteiger partial charge in [0.05, 0.1) is 0 Å². The first kappa shape index (κ1) is 79.4. The van der Waals surface area contributed by atoms with Crippen molar-refractivity contribution in [3.8, 4) is 0 Å². The fourth-order valence-electron chi connectivity index (χ4n) is 12.0. The molecular formula is C75H146O6. The number of carbonyl (C=O) groups is 3. The highest BCUT2D eigenvalue weighted by atomic mass is 16.6. The zero-order valence-corrected chi connectivity index (χ0v) is 55.6. The average molecular weight is 1140 g/mol. The molecular weight excluding hydrogens is 997 g/mol. The summed E-state index contributed by atoms with van der Waals surface area (Å²) in [7, 11) is 0. The average Bonchev–Trinajstić information content (AvgIpc) is 3.46. The topological polar surface area (TPSA) is 78.9 Å². The maximum atomic E-state index is 13.0. The van der Waals surface area contributed by atoms with Crippen LogP contribution < -0.4 is 0 Å². The van der Waals surface area contributed by atoms with Crippen molar-refractivity contribution in [2.24, 2.45) is 0 Å². The summed E-state index contributed by atoms with van der Waals surface area (Å²) in [5.41, 5.74) is 0. The van der Waals surface area contributed by atoms with E-state index in [1.54, 1.807) is 0 Å². The Labute approximate surface area is 508 Å². The molecule has 0 aliphatic heterocycles. The van der Waals surface area contributed by atoms with Crippen LogP contribution in [0.25, 0.3) is 0 Å². The molecule has 6 nitrogen and oxygen atoms in total.